The van der Waals surface area contributed by atoms with Crippen LogP contribution in [0.2, 0.25) is 0 Å². The van der Waals surface area contributed by atoms with Crippen molar-refractivity contribution in [2.45, 2.75) is 0 Å². The Bertz CT molecular complexity index is 2530. The molecule has 0 N–H and O–H groups in total. The van der Waals surface area contributed by atoms with E-state index in [-0.39, 0.29) is 0 Å². The lowest BCUT2D eigenvalue weighted by Gasteiger charge is -2.28. The van der Waals surface area contributed by atoms with E-state index in [1.165, 1.54) is 64.3 Å². The summed E-state index contributed by atoms with van der Waals surface area (Å²) < 4.78 is 2.69. The van der Waals surface area contributed by atoms with E-state index in [1.807, 2.05) is 11.3 Å². The number of rotatable bonds is 6. The summed E-state index contributed by atoms with van der Waals surface area (Å²) in [6, 6.07) is 68.0. The molecule has 2 heteroatoms. The maximum absolute atomic E-state index is 2.40. The van der Waals surface area contributed by atoms with Gasteiger partial charge in [-0.05, 0) is 75.7 Å². The van der Waals surface area contributed by atoms with Gasteiger partial charge in [0, 0.05) is 42.5 Å². The zero-order chi connectivity index (χ0) is 31.9. The van der Waals surface area contributed by atoms with Crippen LogP contribution in [0.15, 0.2) is 188 Å². The minimum absolute atomic E-state index is 1.11. The summed E-state index contributed by atoms with van der Waals surface area (Å²) in [5, 5.41) is 5.24. The molecule has 0 aliphatic carbocycles. The maximum Gasteiger partial charge on any atom is 0.0540 e. The van der Waals surface area contributed by atoms with Gasteiger partial charge in [0.2, 0.25) is 0 Å². The predicted octanol–water partition coefficient (Wildman–Crippen LogP) is 13.7. The summed E-state index contributed by atoms with van der Waals surface area (Å²) in [5.74, 6) is 0. The Labute approximate surface area is 284 Å². The van der Waals surface area contributed by atoms with E-state index < -0.39 is 0 Å². The van der Waals surface area contributed by atoms with E-state index in [0.717, 1.165) is 17.1 Å². The third-order valence-corrected chi connectivity index (χ3v) is 10.5. The molecule has 0 atom stereocenters. The van der Waals surface area contributed by atoms with Crippen LogP contribution >= 0.6 is 11.3 Å². The van der Waals surface area contributed by atoms with Gasteiger partial charge < -0.3 is 4.90 Å². The summed E-state index contributed by atoms with van der Waals surface area (Å²) in [6.07, 6.45) is 0. The monoisotopic (exact) mass is 629 g/mol. The Morgan fingerprint density at radius 3 is 1.54 bits per heavy atom. The number of hydrogen-bond acceptors (Lipinski definition) is 2. The Hall–Kier alpha value is -5.96. The van der Waals surface area contributed by atoms with Crippen molar-refractivity contribution in [2.75, 3.05) is 4.90 Å². The van der Waals surface area contributed by atoms with Crippen LogP contribution < -0.4 is 4.90 Å². The fraction of sp³-hybridized carbons (Fsp3) is 0. The molecule has 1 heterocycles. The fourth-order valence-corrected chi connectivity index (χ4v) is 8.19. The van der Waals surface area contributed by atoms with Gasteiger partial charge in [-0.2, -0.15) is 0 Å². The van der Waals surface area contributed by atoms with Gasteiger partial charge in [-0.3, -0.25) is 0 Å². The molecule has 0 saturated heterocycles. The van der Waals surface area contributed by atoms with Crippen LogP contribution in [0.3, 0.4) is 0 Å². The highest BCUT2D eigenvalue weighted by Gasteiger charge is 2.18. The Morgan fingerprint density at radius 1 is 0.333 bits per heavy atom. The zero-order valence-electron chi connectivity index (χ0n) is 26.3. The van der Waals surface area contributed by atoms with Crippen molar-refractivity contribution < 1.29 is 0 Å². The summed E-state index contributed by atoms with van der Waals surface area (Å²) in [7, 11) is 0. The normalized spacial score (nSPS) is 11.3. The first kappa shape index (κ1) is 28.3. The van der Waals surface area contributed by atoms with Crippen molar-refractivity contribution >= 4 is 59.3 Å². The predicted molar refractivity (Wildman–Crippen MR) is 208 cm³/mol. The standard InChI is InChI=1S/C46H31NS/c1-3-13-32(14-4-1)33-23-27-36(28-24-33)47(44-21-11-9-17-38(44)34-15-5-2-6-16-34)37-29-25-35(26-30-37)42-31-43-40-19-10-12-22-45(40)48-46(43)41-20-8-7-18-39(41)42/h1-31H. The van der Waals surface area contributed by atoms with Crippen molar-refractivity contribution in [3.63, 3.8) is 0 Å². The van der Waals surface area contributed by atoms with Crippen molar-refractivity contribution in [1.29, 1.82) is 0 Å². The quantitative estimate of drug-likeness (QED) is 0.177. The molecular weight excluding hydrogens is 599 g/mol. The molecule has 0 saturated carbocycles. The van der Waals surface area contributed by atoms with Crippen LogP contribution in [0.25, 0.3) is 64.3 Å². The highest BCUT2D eigenvalue weighted by Crippen LogP contribution is 2.45. The van der Waals surface area contributed by atoms with E-state index in [0.29, 0.717) is 0 Å². The van der Waals surface area contributed by atoms with Gasteiger partial charge in [-0.25, -0.2) is 0 Å². The largest absolute Gasteiger partial charge is 0.310 e. The van der Waals surface area contributed by atoms with Gasteiger partial charge in [-0.15, -0.1) is 11.3 Å². The van der Waals surface area contributed by atoms with Crippen molar-refractivity contribution in [1.82, 2.24) is 0 Å². The van der Waals surface area contributed by atoms with Crippen LogP contribution in [-0.2, 0) is 0 Å². The minimum atomic E-state index is 1.11. The van der Waals surface area contributed by atoms with Crippen molar-refractivity contribution in [2.24, 2.45) is 0 Å². The molecule has 0 unspecified atom stereocenters. The molecule has 0 aliphatic rings. The first-order chi connectivity index (χ1) is 23.8. The van der Waals surface area contributed by atoms with Gasteiger partial charge in [-0.1, -0.05) is 146 Å². The average Bonchev–Trinajstić information content (AvgIpc) is 3.55. The first-order valence-corrected chi connectivity index (χ1v) is 17.2. The second-order valence-electron chi connectivity index (χ2n) is 12.1. The molecule has 0 amide bonds. The Kier molecular flexibility index (Phi) is 7.07. The lowest BCUT2D eigenvalue weighted by molar-refractivity contribution is 1.28. The summed E-state index contributed by atoms with van der Waals surface area (Å²) in [4.78, 5) is 2.38. The summed E-state index contributed by atoms with van der Waals surface area (Å²) in [5.41, 5.74) is 10.6. The minimum Gasteiger partial charge on any atom is -0.310 e. The lowest BCUT2D eigenvalue weighted by Crippen LogP contribution is -2.11. The summed E-state index contributed by atoms with van der Waals surface area (Å²) >= 11 is 1.89. The highest BCUT2D eigenvalue weighted by atomic mass is 32.1. The van der Waals surface area contributed by atoms with Gasteiger partial charge in [0.15, 0.2) is 0 Å². The van der Waals surface area contributed by atoms with E-state index in [2.05, 4.69) is 193 Å². The molecule has 1 nitrogen and oxygen atoms in total. The first-order valence-electron chi connectivity index (χ1n) is 16.4. The van der Waals surface area contributed by atoms with Crippen LogP contribution in [0.5, 0.6) is 0 Å². The molecular formula is C46H31NS. The molecule has 48 heavy (non-hydrogen) atoms. The van der Waals surface area contributed by atoms with Crippen molar-refractivity contribution in [3.05, 3.63) is 188 Å². The number of benzene rings is 8. The molecule has 8 aromatic carbocycles. The second-order valence-corrected chi connectivity index (χ2v) is 13.2. The van der Waals surface area contributed by atoms with E-state index in [4.69, 9.17) is 0 Å². The van der Waals surface area contributed by atoms with Gasteiger partial charge in [0.1, 0.15) is 0 Å². The molecule has 1 aromatic heterocycles. The molecule has 0 radical (unpaired) electrons. The number of fused-ring (bicyclic) bond motifs is 5. The van der Waals surface area contributed by atoms with E-state index in [9.17, 15) is 0 Å². The van der Waals surface area contributed by atoms with Crippen molar-refractivity contribution in [3.8, 4) is 33.4 Å². The molecule has 0 spiro atoms. The Balaban J connectivity index is 1.19. The van der Waals surface area contributed by atoms with Crippen LogP contribution in [0.1, 0.15) is 0 Å². The molecule has 0 fully saturated rings. The van der Waals surface area contributed by atoms with Crippen LogP contribution in [0, 0.1) is 0 Å². The highest BCUT2D eigenvalue weighted by molar-refractivity contribution is 7.26. The second kappa shape index (κ2) is 12.0. The third kappa shape index (κ3) is 4.95. The SMILES string of the molecule is c1ccc(-c2ccc(N(c3ccc(-c4cc5c6ccccc6sc5c5ccccc45)cc3)c3ccccc3-c3ccccc3)cc2)cc1. The summed E-state index contributed by atoms with van der Waals surface area (Å²) in [6.45, 7) is 0. The smallest absolute Gasteiger partial charge is 0.0540 e. The van der Waals surface area contributed by atoms with Gasteiger partial charge in [0.05, 0.1) is 5.69 Å². The van der Waals surface area contributed by atoms with Gasteiger partial charge in [0.25, 0.3) is 0 Å². The number of hydrogen-bond donors (Lipinski definition) is 0. The average molecular weight is 630 g/mol. The topological polar surface area (TPSA) is 3.24 Å². The number of anilines is 3. The Morgan fingerprint density at radius 2 is 0.833 bits per heavy atom. The van der Waals surface area contributed by atoms with E-state index in [1.54, 1.807) is 0 Å². The molecule has 226 valence electrons. The molecule has 0 aliphatic heterocycles. The number of thiophene rings is 1. The maximum atomic E-state index is 2.40. The fourth-order valence-electron chi connectivity index (χ4n) is 6.97. The lowest BCUT2D eigenvalue weighted by atomic mass is 9.95. The van der Waals surface area contributed by atoms with E-state index >= 15 is 0 Å². The van der Waals surface area contributed by atoms with Gasteiger partial charge >= 0.3 is 0 Å². The number of para-hydroxylation sites is 1. The number of nitrogens with zero attached hydrogens (tertiary/aromatic N) is 1. The zero-order valence-corrected chi connectivity index (χ0v) is 27.1. The molecule has 9 rings (SSSR count). The molecule has 9 aromatic rings. The van der Waals surface area contributed by atoms with Crippen LogP contribution in [0.4, 0.5) is 17.1 Å². The molecule has 0 bridgehead atoms. The van der Waals surface area contributed by atoms with Crippen LogP contribution in [-0.4, -0.2) is 0 Å². The third-order valence-electron chi connectivity index (χ3n) is 9.28.